The van der Waals surface area contributed by atoms with Crippen LogP contribution in [0.2, 0.25) is 0 Å². The Bertz CT molecular complexity index is 1950. The van der Waals surface area contributed by atoms with Crippen LogP contribution in [-0.2, 0) is 17.4 Å². The van der Waals surface area contributed by atoms with Gasteiger partial charge in [-0.1, -0.05) is 60.7 Å². The Hall–Kier alpha value is -5.14. The lowest BCUT2D eigenvalue weighted by Gasteiger charge is -2.07. The Morgan fingerprint density at radius 3 is 2.38 bits per heavy atom. The number of thiazole rings is 1. The van der Waals surface area contributed by atoms with Gasteiger partial charge in [0, 0.05) is 18.2 Å². The lowest BCUT2D eigenvalue weighted by molar-refractivity contribution is -0.137. The van der Waals surface area contributed by atoms with Gasteiger partial charge in [0.05, 0.1) is 15.8 Å². The summed E-state index contributed by atoms with van der Waals surface area (Å²) in [5, 5.41) is 12.7. The molecule has 0 aliphatic heterocycles. The second kappa shape index (κ2) is 12.2. The highest BCUT2D eigenvalue weighted by Gasteiger charge is 2.30. The zero-order valence-corrected chi connectivity index (χ0v) is 22.7. The van der Waals surface area contributed by atoms with E-state index in [4.69, 9.17) is 4.42 Å². The molecule has 6 nitrogen and oxygen atoms in total. The van der Waals surface area contributed by atoms with Gasteiger partial charge in [0.25, 0.3) is 11.5 Å². The normalized spacial score (nSPS) is 12.6. The van der Waals surface area contributed by atoms with E-state index in [1.807, 2.05) is 36.4 Å². The number of alkyl halides is 3. The maximum absolute atomic E-state index is 13.6. The summed E-state index contributed by atoms with van der Waals surface area (Å²) in [7, 11) is 0. The topological polar surface area (TPSA) is 88.0 Å². The summed E-state index contributed by atoms with van der Waals surface area (Å²) < 4.78 is 46.9. The number of hydrogen-bond donors (Lipinski definition) is 1. The summed E-state index contributed by atoms with van der Waals surface area (Å²) in [6.45, 7) is 0.290. The highest BCUT2D eigenvalue weighted by atomic mass is 32.1. The van der Waals surface area contributed by atoms with Crippen LogP contribution < -0.4 is 20.1 Å². The molecule has 0 radical (unpaired) electrons. The molecular formula is C32H22F3N3O3S. The van der Waals surface area contributed by atoms with Crippen LogP contribution >= 0.6 is 11.3 Å². The van der Waals surface area contributed by atoms with Crippen LogP contribution in [0.15, 0.2) is 106 Å². The fourth-order valence-corrected chi connectivity index (χ4v) is 5.36. The van der Waals surface area contributed by atoms with Gasteiger partial charge in [0.1, 0.15) is 22.3 Å². The van der Waals surface area contributed by atoms with Gasteiger partial charge in [-0.2, -0.15) is 18.4 Å². The Morgan fingerprint density at radius 2 is 1.69 bits per heavy atom. The molecule has 0 unspecified atom stereocenters. The van der Waals surface area contributed by atoms with E-state index in [2.05, 4.69) is 5.32 Å². The number of nitrogens with one attached hydrogen (secondary N) is 1. The number of aromatic nitrogens is 1. The number of amides is 1. The van der Waals surface area contributed by atoms with Gasteiger partial charge < -0.3 is 9.73 Å². The van der Waals surface area contributed by atoms with Crippen LogP contribution in [-0.4, -0.2) is 17.0 Å². The Kier molecular flexibility index (Phi) is 8.22. The first kappa shape index (κ1) is 28.4. The summed E-state index contributed by atoms with van der Waals surface area (Å²) >= 11 is 0.943. The van der Waals surface area contributed by atoms with Crippen LogP contribution in [0.5, 0.6) is 0 Å². The maximum atomic E-state index is 13.6. The Labute approximate surface area is 241 Å². The molecule has 1 amide bonds. The Morgan fingerprint density at radius 1 is 0.976 bits per heavy atom. The minimum absolute atomic E-state index is 0.141. The molecule has 0 saturated carbocycles. The van der Waals surface area contributed by atoms with Crippen molar-refractivity contribution in [2.24, 2.45) is 0 Å². The van der Waals surface area contributed by atoms with E-state index in [1.54, 1.807) is 30.3 Å². The number of hydrogen-bond acceptors (Lipinski definition) is 5. The van der Waals surface area contributed by atoms with E-state index >= 15 is 0 Å². The number of carbonyl (C=O) groups excluding carboxylic acids is 1. The van der Waals surface area contributed by atoms with Gasteiger partial charge in [-0.05, 0) is 48.4 Å². The first-order chi connectivity index (χ1) is 20.2. The van der Waals surface area contributed by atoms with Crippen molar-refractivity contribution < 1.29 is 22.4 Å². The minimum Gasteiger partial charge on any atom is -0.457 e. The first-order valence-electron chi connectivity index (χ1n) is 12.8. The van der Waals surface area contributed by atoms with Crippen molar-refractivity contribution in [2.75, 3.05) is 6.54 Å². The SMILES string of the molecule is N#C/C(C(=O)NCCc1ccccc1)=c1/s/c(=C/c2ccc(-c3cccc(C(F)(F)F)c3)o2)c(=O)n1-c1ccccc1. The molecule has 0 aliphatic rings. The van der Waals surface area contributed by atoms with Crippen LogP contribution in [0, 0.1) is 11.3 Å². The van der Waals surface area contributed by atoms with Crippen molar-refractivity contribution >= 4 is 28.9 Å². The van der Waals surface area contributed by atoms with Crippen LogP contribution in [0.1, 0.15) is 16.9 Å². The number of halogens is 3. The number of para-hydroxylation sites is 1. The van der Waals surface area contributed by atoms with Gasteiger partial charge in [-0.3, -0.25) is 14.2 Å². The monoisotopic (exact) mass is 585 g/mol. The van der Waals surface area contributed by atoms with Crippen molar-refractivity contribution in [1.82, 2.24) is 9.88 Å². The maximum Gasteiger partial charge on any atom is 0.416 e. The molecule has 1 N–H and O–H groups in total. The van der Waals surface area contributed by atoms with E-state index in [-0.39, 0.29) is 31.9 Å². The highest BCUT2D eigenvalue weighted by Crippen LogP contribution is 2.32. The van der Waals surface area contributed by atoms with E-state index in [0.717, 1.165) is 29.0 Å². The lowest BCUT2D eigenvalue weighted by Crippen LogP contribution is -2.34. The van der Waals surface area contributed by atoms with E-state index < -0.39 is 23.2 Å². The molecule has 2 heterocycles. The predicted octanol–water partition coefficient (Wildman–Crippen LogP) is 5.04. The van der Waals surface area contributed by atoms with Gasteiger partial charge >= 0.3 is 6.18 Å². The van der Waals surface area contributed by atoms with Crippen molar-refractivity contribution in [3.63, 3.8) is 0 Å². The molecule has 0 aliphatic carbocycles. The molecule has 0 spiro atoms. The van der Waals surface area contributed by atoms with Crippen molar-refractivity contribution in [3.8, 4) is 23.1 Å². The predicted molar refractivity (Wildman–Crippen MR) is 154 cm³/mol. The molecule has 2 aromatic heterocycles. The molecule has 5 rings (SSSR count). The molecule has 0 fully saturated rings. The molecule has 5 aromatic rings. The molecule has 0 saturated heterocycles. The summed E-state index contributed by atoms with van der Waals surface area (Å²) in [6.07, 6.45) is -2.50. The smallest absolute Gasteiger partial charge is 0.416 e. The van der Waals surface area contributed by atoms with Gasteiger partial charge in [-0.25, -0.2) is 0 Å². The quantitative estimate of drug-likeness (QED) is 0.290. The zero-order chi connectivity index (χ0) is 29.7. The highest BCUT2D eigenvalue weighted by molar-refractivity contribution is 7.07. The second-order valence-electron chi connectivity index (χ2n) is 9.15. The third kappa shape index (κ3) is 6.27. The molecule has 10 heteroatoms. The van der Waals surface area contributed by atoms with E-state index in [1.165, 1.54) is 34.9 Å². The van der Waals surface area contributed by atoms with E-state index in [0.29, 0.717) is 18.7 Å². The average Bonchev–Trinajstić information content (AvgIpc) is 3.59. The molecule has 3 aromatic carbocycles. The average molecular weight is 586 g/mol. The second-order valence-corrected chi connectivity index (χ2v) is 10.2. The third-order valence-corrected chi connectivity index (χ3v) is 7.40. The summed E-state index contributed by atoms with van der Waals surface area (Å²) in [5.74, 6) is -0.205. The fourth-order valence-electron chi connectivity index (χ4n) is 4.27. The fraction of sp³-hybridized carbons (Fsp3) is 0.0938. The molecule has 42 heavy (non-hydrogen) atoms. The number of carbonyl (C=O) groups is 1. The van der Waals surface area contributed by atoms with Crippen molar-refractivity contribution in [3.05, 3.63) is 133 Å². The standard InChI is InChI=1S/C32H22F3N3O3S/c33-32(34,35)23-11-7-10-22(18-23)27-15-14-25(41-27)19-28-30(40)38(24-12-5-2-6-13-24)31(42-28)26(20-36)29(39)37-17-16-21-8-3-1-4-9-21/h1-15,18-19H,16-17H2,(H,37,39)/b28-19+,31-26-. The lowest BCUT2D eigenvalue weighted by atomic mass is 10.1. The molecule has 0 bridgehead atoms. The molecule has 0 atom stereocenters. The number of nitrogens with zero attached hydrogens (tertiary/aromatic N) is 2. The van der Waals surface area contributed by atoms with Gasteiger partial charge in [0.15, 0.2) is 5.57 Å². The van der Waals surface area contributed by atoms with Crippen molar-refractivity contribution in [1.29, 1.82) is 5.26 Å². The van der Waals surface area contributed by atoms with Gasteiger partial charge in [0.2, 0.25) is 0 Å². The summed E-state index contributed by atoms with van der Waals surface area (Å²) in [4.78, 5) is 26.7. The van der Waals surface area contributed by atoms with E-state index in [9.17, 15) is 28.0 Å². The van der Waals surface area contributed by atoms with Crippen LogP contribution in [0.4, 0.5) is 13.2 Å². The number of nitriles is 1. The van der Waals surface area contributed by atoms with Crippen LogP contribution in [0.25, 0.3) is 28.7 Å². The van der Waals surface area contributed by atoms with Crippen LogP contribution in [0.3, 0.4) is 0 Å². The number of rotatable bonds is 7. The number of furan rings is 1. The largest absolute Gasteiger partial charge is 0.457 e. The summed E-state index contributed by atoms with van der Waals surface area (Å²) in [6, 6.07) is 27.9. The third-order valence-electron chi connectivity index (χ3n) is 6.31. The molecule has 210 valence electrons. The minimum atomic E-state index is -4.50. The molecular weight excluding hydrogens is 563 g/mol. The zero-order valence-electron chi connectivity index (χ0n) is 21.9. The Balaban J connectivity index is 1.55. The van der Waals surface area contributed by atoms with Gasteiger partial charge in [-0.15, -0.1) is 11.3 Å². The summed E-state index contributed by atoms with van der Waals surface area (Å²) in [5.41, 5.74) is 0.194. The van der Waals surface area contributed by atoms with Crippen molar-refractivity contribution in [2.45, 2.75) is 12.6 Å². The number of benzene rings is 3. The first-order valence-corrected chi connectivity index (χ1v) is 13.6.